The SMILES string of the molecule is CC(=O)N(CC(=O)N(C)C1CCS(=O)(=O)C1)c1ccc(C)c(C)c1. The number of anilines is 1. The Morgan fingerprint density at radius 3 is 2.38 bits per heavy atom. The van der Waals surface area contributed by atoms with Crippen LogP contribution in [0.25, 0.3) is 0 Å². The molecule has 1 aromatic carbocycles. The van der Waals surface area contributed by atoms with Gasteiger partial charge in [0.15, 0.2) is 9.84 Å². The van der Waals surface area contributed by atoms with Gasteiger partial charge in [-0.25, -0.2) is 8.42 Å². The van der Waals surface area contributed by atoms with Crippen LogP contribution >= 0.6 is 0 Å². The van der Waals surface area contributed by atoms with E-state index in [0.29, 0.717) is 12.1 Å². The molecule has 2 rings (SSSR count). The lowest BCUT2D eigenvalue weighted by Crippen LogP contribution is -2.45. The third kappa shape index (κ3) is 4.14. The number of aryl methyl sites for hydroxylation is 2. The fraction of sp³-hybridized carbons (Fsp3) is 0.529. The number of nitrogens with zero attached hydrogens (tertiary/aromatic N) is 2. The first-order valence-corrected chi connectivity index (χ1v) is 9.74. The van der Waals surface area contributed by atoms with E-state index >= 15 is 0 Å². The molecule has 1 heterocycles. The molecule has 0 radical (unpaired) electrons. The molecule has 7 heteroatoms. The highest BCUT2D eigenvalue weighted by molar-refractivity contribution is 7.91. The lowest BCUT2D eigenvalue weighted by atomic mass is 10.1. The molecular formula is C17H24N2O4S. The fourth-order valence-corrected chi connectivity index (χ4v) is 4.58. The van der Waals surface area contributed by atoms with Gasteiger partial charge in [0.25, 0.3) is 0 Å². The zero-order chi connectivity index (χ0) is 18.1. The molecule has 24 heavy (non-hydrogen) atoms. The average Bonchev–Trinajstić information content (AvgIpc) is 2.86. The maximum atomic E-state index is 12.5. The maximum absolute atomic E-state index is 12.5. The van der Waals surface area contributed by atoms with Crippen LogP contribution in [0.4, 0.5) is 5.69 Å². The van der Waals surface area contributed by atoms with Crippen molar-refractivity contribution in [1.82, 2.24) is 4.90 Å². The summed E-state index contributed by atoms with van der Waals surface area (Å²) in [6.45, 7) is 5.26. The number of benzene rings is 1. The van der Waals surface area contributed by atoms with Crippen LogP contribution in [0.1, 0.15) is 24.5 Å². The highest BCUT2D eigenvalue weighted by Gasteiger charge is 2.33. The van der Waals surface area contributed by atoms with Crippen molar-refractivity contribution in [2.24, 2.45) is 0 Å². The molecule has 2 amide bonds. The average molecular weight is 352 g/mol. The van der Waals surface area contributed by atoms with Gasteiger partial charge in [0.2, 0.25) is 11.8 Å². The molecule has 1 aliphatic rings. The van der Waals surface area contributed by atoms with Gasteiger partial charge in [-0.2, -0.15) is 0 Å². The first kappa shape index (κ1) is 18.4. The van der Waals surface area contributed by atoms with Crippen LogP contribution < -0.4 is 4.90 Å². The normalized spacial score (nSPS) is 19.1. The molecule has 1 fully saturated rings. The predicted octanol–water partition coefficient (Wildman–Crippen LogP) is 1.30. The van der Waals surface area contributed by atoms with Gasteiger partial charge in [0.05, 0.1) is 11.5 Å². The summed E-state index contributed by atoms with van der Waals surface area (Å²) < 4.78 is 23.2. The van der Waals surface area contributed by atoms with Crippen LogP contribution in [0.15, 0.2) is 18.2 Å². The molecule has 0 bridgehead atoms. The second kappa shape index (κ2) is 6.93. The van der Waals surface area contributed by atoms with E-state index in [1.54, 1.807) is 7.05 Å². The summed E-state index contributed by atoms with van der Waals surface area (Å²) in [5.74, 6) is -0.369. The van der Waals surface area contributed by atoms with Crippen molar-refractivity contribution < 1.29 is 18.0 Å². The number of hydrogen-bond donors (Lipinski definition) is 0. The number of rotatable bonds is 4. The molecular weight excluding hydrogens is 328 g/mol. The van der Waals surface area contributed by atoms with E-state index in [1.807, 2.05) is 32.0 Å². The van der Waals surface area contributed by atoms with Gasteiger partial charge < -0.3 is 9.80 Å². The number of sulfone groups is 1. The summed E-state index contributed by atoms with van der Waals surface area (Å²) in [5, 5.41) is 0. The molecule has 1 unspecified atom stereocenters. The van der Waals surface area contributed by atoms with E-state index in [9.17, 15) is 18.0 Å². The molecule has 1 aliphatic heterocycles. The van der Waals surface area contributed by atoms with Gasteiger partial charge in [0, 0.05) is 25.7 Å². The van der Waals surface area contributed by atoms with E-state index in [2.05, 4.69) is 0 Å². The minimum absolute atomic E-state index is 0.00104. The lowest BCUT2D eigenvalue weighted by Gasteiger charge is -2.28. The largest absolute Gasteiger partial charge is 0.340 e. The van der Waals surface area contributed by atoms with Gasteiger partial charge in [-0.15, -0.1) is 0 Å². The molecule has 1 atom stereocenters. The highest BCUT2D eigenvalue weighted by atomic mass is 32.2. The molecule has 0 spiro atoms. The van der Waals surface area contributed by atoms with Gasteiger partial charge in [-0.1, -0.05) is 6.07 Å². The Labute approximate surface area is 143 Å². The lowest BCUT2D eigenvalue weighted by molar-refractivity contribution is -0.131. The topological polar surface area (TPSA) is 74.8 Å². The van der Waals surface area contributed by atoms with E-state index in [0.717, 1.165) is 11.1 Å². The van der Waals surface area contributed by atoms with Crippen molar-refractivity contribution in [3.05, 3.63) is 29.3 Å². The zero-order valence-electron chi connectivity index (χ0n) is 14.6. The van der Waals surface area contributed by atoms with Crippen molar-refractivity contribution in [3.8, 4) is 0 Å². The molecule has 0 aromatic heterocycles. The quantitative estimate of drug-likeness (QED) is 0.819. The Morgan fingerprint density at radius 2 is 1.88 bits per heavy atom. The van der Waals surface area contributed by atoms with Crippen LogP contribution in [0, 0.1) is 13.8 Å². The number of carbonyl (C=O) groups excluding carboxylic acids is 2. The fourth-order valence-electron chi connectivity index (χ4n) is 2.81. The first-order chi connectivity index (χ1) is 11.1. The minimum Gasteiger partial charge on any atom is -0.340 e. The van der Waals surface area contributed by atoms with Gasteiger partial charge in [-0.3, -0.25) is 9.59 Å². The summed E-state index contributed by atoms with van der Waals surface area (Å²) in [4.78, 5) is 27.4. The van der Waals surface area contributed by atoms with Gasteiger partial charge in [0.1, 0.15) is 6.54 Å². The second-order valence-electron chi connectivity index (χ2n) is 6.44. The second-order valence-corrected chi connectivity index (χ2v) is 8.66. The Balaban J connectivity index is 2.14. The third-order valence-corrected chi connectivity index (χ3v) is 6.38. The van der Waals surface area contributed by atoms with E-state index in [-0.39, 0.29) is 35.9 Å². The number of amides is 2. The molecule has 0 saturated carbocycles. The summed E-state index contributed by atoms with van der Waals surface area (Å²) in [7, 11) is -1.45. The standard InChI is InChI=1S/C17H24N2O4S/c1-12-5-6-15(9-13(12)2)19(14(3)20)10-17(21)18(4)16-7-8-24(22,23)11-16/h5-6,9,16H,7-8,10-11H2,1-4H3. The minimum atomic E-state index is -3.06. The molecule has 6 nitrogen and oxygen atoms in total. The summed E-state index contributed by atoms with van der Waals surface area (Å²) in [6.07, 6.45) is 0.453. The van der Waals surface area contributed by atoms with Crippen LogP contribution in [0.2, 0.25) is 0 Å². The van der Waals surface area contributed by atoms with Crippen LogP contribution in [-0.4, -0.2) is 56.3 Å². The molecule has 1 aromatic rings. The molecule has 1 saturated heterocycles. The smallest absolute Gasteiger partial charge is 0.242 e. The van der Waals surface area contributed by atoms with Crippen LogP contribution in [0.5, 0.6) is 0 Å². The predicted molar refractivity (Wildman–Crippen MR) is 93.8 cm³/mol. The molecule has 132 valence electrons. The first-order valence-electron chi connectivity index (χ1n) is 7.92. The Bertz CT molecular complexity index is 758. The highest BCUT2D eigenvalue weighted by Crippen LogP contribution is 2.21. The van der Waals surface area contributed by atoms with Crippen molar-refractivity contribution in [2.45, 2.75) is 33.2 Å². The summed E-state index contributed by atoms with van der Waals surface area (Å²) >= 11 is 0. The number of hydrogen-bond acceptors (Lipinski definition) is 4. The monoisotopic (exact) mass is 352 g/mol. The Morgan fingerprint density at radius 1 is 1.21 bits per heavy atom. The Kier molecular flexibility index (Phi) is 5.32. The van der Waals surface area contributed by atoms with Crippen molar-refractivity contribution in [3.63, 3.8) is 0 Å². The van der Waals surface area contributed by atoms with E-state index in [4.69, 9.17) is 0 Å². The van der Waals surface area contributed by atoms with Crippen molar-refractivity contribution >= 4 is 27.3 Å². The van der Waals surface area contributed by atoms with Gasteiger partial charge >= 0.3 is 0 Å². The van der Waals surface area contributed by atoms with Gasteiger partial charge in [-0.05, 0) is 43.5 Å². The number of likely N-dealkylation sites (N-methyl/N-ethyl adjacent to an activating group) is 1. The van der Waals surface area contributed by atoms with E-state index in [1.165, 1.54) is 16.7 Å². The Hall–Kier alpha value is -1.89. The van der Waals surface area contributed by atoms with Crippen molar-refractivity contribution in [2.75, 3.05) is 30.0 Å². The number of carbonyl (C=O) groups is 2. The van der Waals surface area contributed by atoms with Crippen molar-refractivity contribution in [1.29, 1.82) is 0 Å². The zero-order valence-corrected chi connectivity index (χ0v) is 15.4. The summed E-state index contributed by atoms with van der Waals surface area (Å²) in [6, 6.07) is 5.30. The maximum Gasteiger partial charge on any atom is 0.242 e. The third-order valence-electron chi connectivity index (χ3n) is 4.63. The molecule has 0 aliphatic carbocycles. The van der Waals surface area contributed by atoms with Crippen LogP contribution in [-0.2, 0) is 19.4 Å². The summed E-state index contributed by atoms with van der Waals surface area (Å²) in [5.41, 5.74) is 2.83. The van der Waals surface area contributed by atoms with E-state index < -0.39 is 9.84 Å². The molecule has 0 N–H and O–H groups in total. The van der Waals surface area contributed by atoms with Crippen LogP contribution in [0.3, 0.4) is 0 Å².